The van der Waals surface area contributed by atoms with E-state index in [0.717, 1.165) is 11.1 Å². The molecule has 0 aliphatic carbocycles. The van der Waals surface area contributed by atoms with Crippen LogP contribution in [0.25, 0.3) is 0 Å². The Labute approximate surface area is 113 Å². The van der Waals surface area contributed by atoms with E-state index in [9.17, 15) is 9.59 Å². The van der Waals surface area contributed by atoms with E-state index in [1.165, 1.54) is 4.90 Å². The molecule has 0 spiro atoms. The summed E-state index contributed by atoms with van der Waals surface area (Å²) < 4.78 is 9.92. The van der Waals surface area contributed by atoms with Crippen LogP contribution >= 0.6 is 0 Å². The van der Waals surface area contributed by atoms with Crippen molar-refractivity contribution in [2.45, 2.75) is 20.4 Å². The highest BCUT2D eigenvalue weighted by Crippen LogP contribution is 2.21. The van der Waals surface area contributed by atoms with E-state index in [0.29, 0.717) is 12.3 Å². The molecule has 0 aromatic heterocycles. The van der Waals surface area contributed by atoms with Crippen molar-refractivity contribution >= 4 is 11.9 Å². The van der Waals surface area contributed by atoms with E-state index in [2.05, 4.69) is 4.74 Å². The summed E-state index contributed by atoms with van der Waals surface area (Å²) in [6.45, 7) is 4.10. The lowest BCUT2D eigenvalue weighted by atomic mass is 10.1. The number of carbonyl (C=O) groups is 2. The number of ether oxygens (including phenoxy) is 2. The Bertz CT molecular complexity index is 471. The first-order valence-electron chi connectivity index (χ1n) is 6.05. The second-order valence-electron chi connectivity index (χ2n) is 4.20. The van der Waals surface area contributed by atoms with Crippen molar-refractivity contribution in [3.8, 4) is 5.75 Å². The van der Waals surface area contributed by atoms with Gasteiger partial charge in [-0.2, -0.15) is 0 Å². The molecule has 0 heterocycles. The summed E-state index contributed by atoms with van der Waals surface area (Å²) in [4.78, 5) is 24.4. The molecule has 1 aromatic rings. The van der Waals surface area contributed by atoms with Crippen molar-refractivity contribution in [3.63, 3.8) is 0 Å². The summed E-state index contributed by atoms with van der Waals surface area (Å²) >= 11 is 0. The lowest BCUT2D eigenvalue weighted by molar-refractivity contribution is -0.159. The van der Waals surface area contributed by atoms with Crippen LogP contribution in [0.15, 0.2) is 18.2 Å². The average molecular weight is 265 g/mol. The highest BCUT2D eigenvalue weighted by Gasteiger charge is 2.20. The summed E-state index contributed by atoms with van der Waals surface area (Å²) in [6, 6.07) is 5.69. The molecule has 1 amide bonds. The van der Waals surface area contributed by atoms with Gasteiger partial charge in [-0.25, -0.2) is 4.79 Å². The van der Waals surface area contributed by atoms with E-state index in [1.807, 2.05) is 25.1 Å². The minimum Gasteiger partial charge on any atom is -0.496 e. The first-order chi connectivity index (χ1) is 8.99. The van der Waals surface area contributed by atoms with Crippen LogP contribution in [0.1, 0.15) is 18.1 Å². The number of nitrogens with zero attached hydrogens (tertiary/aromatic N) is 1. The predicted octanol–water partition coefficient (Wildman–Crippen LogP) is 1.53. The Balaban J connectivity index is 2.81. The number of hydrogen-bond acceptors (Lipinski definition) is 4. The second kappa shape index (κ2) is 6.78. The summed E-state index contributed by atoms with van der Waals surface area (Å²) in [5, 5.41) is 0. The number of hydrogen-bond donors (Lipinski definition) is 0. The van der Waals surface area contributed by atoms with Crippen molar-refractivity contribution < 1.29 is 19.1 Å². The quantitative estimate of drug-likeness (QED) is 0.612. The molecule has 0 aliphatic heterocycles. The van der Waals surface area contributed by atoms with Gasteiger partial charge in [0.25, 0.3) is 0 Å². The van der Waals surface area contributed by atoms with Gasteiger partial charge in [0.2, 0.25) is 0 Å². The van der Waals surface area contributed by atoms with Crippen LogP contribution in [-0.2, 0) is 20.9 Å². The normalized spacial score (nSPS) is 9.89. The zero-order chi connectivity index (χ0) is 14.4. The van der Waals surface area contributed by atoms with E-state index in [4.69, 9.17) is 4.74 Å². The van der Waals surface area contributed by atoms with Crippen molar-refractivity contribution in [1.82, 2.24) is 4.90 Å². The molecule has 0 fully saturated rings. The number of likely N-dealkylation sites (N-methyl/N-ethyl adjacent to an activating group) is 1. The summed E-state index contributed by atoms with van der Waals surface area (Å²) in [7, 11) is 3.13. The van der Waals surface area contributed by atoms with Gasteiger partial charge in [0.15, 0.2) is 0 Å². The molecule has 5 heteroatoms. The Kier molecular flexibility index (Phi) is 5.36. The van der Waals surface area contributed by atoms with Gasteiger partial charge < -0.3 is 14.4 Å². The monoisotopic (exact) mass is 265 g/mol. The molecule has 0 radical (unpaired) electrons. The standard InChI is InChI=1S/C14H19NO4/c1-5-19-14(17)13(16)15(3)9-11-8-10(2)6-7-12(11)18-4/h6-8H,5,9H2,1-4H3. The molecule has 0 atom stereocenters. The number of amides is 1. The van der Waals surface area contributed by atoms with E-state index >= 15 is 0 Å². The fraction of sp³-hybridized carbons (Fsp3) is 0.429. The predicted molar refractivity (Wildman–Crippen MR) is 70.8 cm³/mol. The number of esters is 1. The van der Waals surface area contributed by atoms with E-state index < -0.39 is 11.9 Å². The third kappa shape index (κ3) is 3.98. The van der Waals surface area contributed by atoms with Crippen LogP contribution in [0.3, 0.4) is 0 Å². The molecule has 5 nitrogen and oxygen atoms in total. The van der Waals surface area contributed by atoms with Crippen LogP contribution in [0.2, 0.25) is 0 Å². The van der Waals surface area contributed by atoms with Crippen molar-refractivity contribution in [1.29, 1.82) is 0 Å². The summed E-state index contributed by atoms with van der Waals surface area (Å²) in [6.07, 6.45) is 0. The molecule has 0 saturated heterocycles. The first kappa shape index (κ1) is 15.0. The Morgan fingerprint density at radius 2 is 2.00 bits per heavy atom. The van der Waals surface area contributed by atoms with Gasteiger partial charge in [0.1, 0.15) is 5.75 Å². The maximum absolute atomic E-state index is 11.7. The van der Waals surface area contributed by atoms with Crippen molar-refractivity contribution in [2.24, 2.45) is 0 Å². The van der Waals surface area contributed by atoms with Crippen LogP contribution in [0.4, 0.5) is 0 Å². The number of methoxy groups -OCH3 is 1. The van der Waals surface area contributed by atoms with Crippen LogP contribution in [0.5, 0.6) is 5.75 Å². The van der Waals surface area contributed by atoms with Gasteiger partial charge in [-0.15, -0.1) is 0 Å². The van der Waals surface area contributed by atoms with Crippen molar-refractivity contribution in [3.05, 3.63) is 29.3 Å². The minimum absolute atomic E-state index is 0.187. The van der Waals surface area contributed by atoms with E-state index in [1.54, 1.807) is 21.1 Å². The topological polar surface area (TPSA) is 55.8 Å². The van der Waals surface area contributed by atoms with Crippen LogP contribution < -0.4 is 4.74 Å². The van der Waals surface area contributed by atoms with Crippen LogP contribution in [0, 0.1) is 6.92 Å². The van der Waals surface area contributed by atoms with Gasteiger partial charge >= 0.3 is 11.9 Å². The maximum atomic E-state index is 11.7. The fourth-order valence-electron chi connectivity index (χ4n) is 1.71. The molecule has 19 heavy (non-hydrogen) atoms. The second-order valence-corrected chi connectivity index (χ2v) is 4.20. The zero-order valence-electron chi connectivity index (χ0n) is 11.7. The average Bonchev–Trinajstić information content (AvgIpc) is 2.38. The molecular weight excluding hydrogens is 246 g/mol. The van der Waals surface area contributed by atoms with E-state index in [-0.39, 0.29) is 6.61 Å². The third-order valence-corrected chi connectivity index (χ3v) is 2.64. The Morgan fingerprint density at radius 3 is 2.58 bits per heavy atom. The SMILES string of the molecule is CCOC(=O)C(=O)N(C)Cc1cc(C)ccc1OC. The van der Waals surface area contributed by atoms with Crippen molar-refractivity contribution in [2.75, 3.05) is 20.8 Å². The molecule has 0 aliphatic rings. The number of aryl methyl sites for hydroxylation is 1. The molecular formula is C14H19NO4. The Hall–Kier alpha value is -2.04. The minimum atomic E-state index is -0.836. The summed E-state index contributed by atoms with van der Waals surface area (Å²) in [5.74, 6) is -0.809. The number of benzene rings is 1. The smallest absolute Gasteiger partial charge is 0.397 e. The van der Waals surface area contributed by atoms with Gasteiger partial charge in [0.05, 0.1) is 13.7 Å². The lowest BCUT2D eigenvalue weighted by Gasteiger charge is -2.18. The summed E-state index contributed by atoms with van der Waals surface area (Å²) in [5.41, 5.74) is 1.91. The number of carbonyl (C=O) groups excluding carboxylic acids is 2. The molecule has 1 aromatic carbocycles. The maximum Gasteiger partial charge on any atom is 0.397 e. The Morgan fingerprint density at radius 1 is 1.32 bits per heavy atom. The highest BCUT2D eigenvalue weighted by molar-refractivity contribution is 6.32. The molecule has 1 rings (SSSR count). The van der Waals surface area contributed by atoms with Gasteiger partial charge in [-0.05, 0) is 19.9 Å². The molecule has 0 saturated carbocycles. The van der Waals surface area contributed by atoms with Gasteiger partial charge in [-0.1, -0.05) is 17.7 Å². The molecule has 0 N–H and O–H groups in total. The molecule has 0 unspecified atom stereocenters. The highest BCUT2D eigenvalue weighted by atomic mass is 16.5. The largest absolute Gasteiger partial charge is 0.496 e. The zero-order valence-corrected chi connectivity index (χ0v) is 11.7. The first-order valence-corrected chi connectivity index (χ1v) is 6.05. The number of rotatable bonds is 4. The van der Waals surface area contributed by atoms with Gasteiger partial charge in [0, 0.05) is 19.2 Å². The van der Waals surface area contributed by atoms with Crippen LogP contribution in [-0.4, -0.2) is 37.5 Å². The third-order valence-electron chi connectivity index (χ3n) is 2.64. The molecule has 0 bridgehead atoms. The lowest BCUT2D eigenvalue weighted by Crippen LogP contribution is -2.34. The van der Waals surface area contributed by atoms with Gasteiger partial charge in [-0.3, -0.25) is 4.79 Å². The molecule has 104 valence electrons. The fourth-order valence-corrected chi connectivity index (χ4v) is 1.71.